The molecule has 0 unspecified atom stereocenters. The van der Waals surface area contributed by atoms with Crippen molar-refractivity contribution in [3.8, 4) is 5.75 Å². The van der Waals surface area contributed by atoms with Gasteiger partial charge in [-0.2, -0.15) is 0 Å². The highest BCUT2D eigenvalue weighted by Gasteiger charge is 2.21. The molecule has 3 rings (SSSR count). The largest absolute Gasteiger partial charge is 0.491 e. The van der Waals surface area contributed by atoms with E-state index in [1.807, 2.05) is 11.8 Å². The number of carbonyl (C=O) groups excluding carboxylic acids is 1. The van der Waals surface area contributed by atoms with Crippen LogP contribution in [0.3, 0.4) is 0 Å². The first-order chi connectivity index (χ1) is 12.5. The fraction of sp³-hybridized carbons (Fsp3) is 0.444. The van der Waals surface area contributed by atoms with E-state index in [9.17, 15) is 9.18 Å². The molecular weight excluding hydrogens is 377 g/mol. The third-order valence-corrected chi connectivity index (χ3v) is 5.36. The molecule has 0 saturated carbocycles. The number of aryl methyl sites for hydroxylation is 1. The van der Waals surface area contributed by atoms with Crippen molar-refractivity contribution in [2.24, 2.45) is 0 Å². The summed E-state index contributed by atoms with van der Waals surface area (Å²) in [6, 6.07) is 3.95. The van der Waals surface area contributed by atoms with Crippen LogP contribution in [0.15, 0.2) is 23.6 Å². The number of ether oxygens (including phenoxy) is 1. The van der Waals surface area contributed by atoms with E-state index in [1.54, 1.807) is 11.3 Å². The number of thiazole rings is 1. The van der Waals surface area contributed by atoms with Crippen LogP contribution >= 0.6 is 22.9 Å². The standard InChI is InChI=1S/C18H21ClFN3O2S/c1-13-21-15(12-26-13)11-22-5-7-23(8-6-22)18(24)4-9-25-17-3-2-14(20)10-16(17)19/h2-3,10,12H,4-9,11H2,1H3. The molecule has 1 aliphatic heterocycles. The minimum absolute atomic E-state index is 0.0624. The Kier molecular flexibility index (Phi) is 6.45. The van der Waals surface area contributed by atoms with Crippen LogP contribution in [0.4, 0.5) is 4.39 Å². The van der Waals surface area contributed by atoms with Crippen LogP contribution in [-0.4, -0.2) is 53.5 Å². The summed E-state index contributed by atoms with van der Waals surface area (Å²) in [6.07, 6.45) is 0.277. The highest BCUT2D eigenvalue weighted by Crippen LogP contribution is 2.25. The van der Waals surface area contributed by atoms with Crippen LogP contribution < -0.4 is 4.74 Å². The number of carbonyl (C=O) groups is 1. The maximum Gasteiger partial charge on any atom is 0.226 e. The van der Waals surface area contributed by atoms with Gasteiger partial charge in [0.1, 0.15) is 11.6 Å². The van der Waals surface area contributed by atoms with Crippen molar-refractivity contribution in [3.05, 3.63) is 45.1 Å². The molecule has 1 fully saturated rings. The van der Waals surface area contributed by atoms with Crippen molar-refractivity contribution in [3.63, 3.8) is 0 Å². The first kappa shape index (κ1) is 19.1. The van der Waals surface area contributed by atoms with Gasteiger partial charge >= 0.3 is 0 Å². The summed E-state index contributed by atoms with van der Waals surface area (Å²) in [7, 11) is 0. The van der Waals surface area contributed by atoms with E-state index in [1.165, 1.54) is 18.2 Å². The summed E-state index contributed by atoms with van der Waals surface area (Å²) in [4.78, 5) is 21.0. The zero-order valence-electron chi connectivity index (χ0n) is 14.6. The predicted octanol–water partition coefficient (Wildman–Crippen LogP) is 3.36. The Bertz CT molecular complexity index is 763. The minimum atomic E-state index is -0.413. The molecule has 26 heavy (non-hydrogen) atoms. The number of nitrogens with zero attached hydrogens (tertiary/aromatic N) is 3. The molecule has 1 aliphatic rings. The van der Waals surface area contributed by atoms with Gasteiger partial charge in [0.25, 0.3) is 0 Å². The van der Waals surface area contributed by atoms with Gasteiger partial charge in [-0.1, -0.05) is 11.6 Å². The lowest BCUT2D eigenvalue weighted by atomic mass is 10.2. The summed E-state index contributed by atoms with van der Waals surface area (Å²) in [5.41, 5.74) is 1.09. The molecule has 0 atom stereocenters. The Morgan fingerprint density at radius 3 is 2.77 bits per heavy atom. The third kappa shape index (κ3) is 5.16. The van der Waals surface area contributed by atoms with Crippen LogP contribution in [0.1, 0.15) is 17.1 Å². The average Bonchev–Trinajstić information content (AvgIpc) is 3.02. The van der Waals surface area contributed by atoms with Gasteiger partial charge in [-0.05, 0) is 25.1 Å². The number of hydrogen-bond acceptors (Lipinski definition) is 5. The lowest BCUT2D eigenvalue weighted by Gasteiger charge is -2.34. The molecule has 0 N–H and O–H groups in total. The van der Waals surface area contributed by atoms with Gasteiger partial charge in [0, 0.05) is 38.1 Å². The molecular formula is C18H21ClFN3O2S. The molecule has 1 saturated heterocycles. The molecule has 8 heteroatoms. The molecule has 1 aromatic heterocycles. The summed E-state index contributed by atoms with van der Waals surface area (Å²) in [6.45, 7) is 6.16. The van der Waals surface area contributed by atoms with Crippen LogP contribution in [0.5, 0.6) is 5.75 Å². The Balaban J connectivity index is 1.39. The first-order valence-electron chi connectivity index (χ1n) is 8.50. The molecule has 0 spiro atoms. The Morgan fingerprint density at radius 2 is 2.12 bits per heavy atom. The second-order valence-electron chi connectivity index (χ2n) is 6.19. The average molecular weight is 398 g/mol. The number of halogens is 2. The molecule has 5 nitrogen and oxygen atoms in total. The van der Waals surface area contributed by atoms with E-state index < -0.39 is 5.82 Å². The Labute approximate surface area is 161 Å². The van der Waals surface area contributed by atoms with Crippen molar-refractivity contribution in [1.82, 2.24) is 14.8 Å². The highest BCUT2D eigenvalue weighted by molar-refractivity contribution is 7.09. The van der Waals surface area contributed by atoms with Crippen LogP contribution in [0.2, 0.25) is 5.02 Å². The smallest absolute Gasteiger partial charge is 0.226 e. The second kappa shape index (κ2) is 8.79. The molecule has 0 aliphatic carbocycles. The molecule has 2 heterocycles. The number of hydrogen-bond donors (Lipinski definition) is 0. The van der Waals surface area contributed by atoms with Crippen molar-refractivity contribution < 1.29 is 13.9 Å². The predicted molar refractivity (Wildman–Crippen MR) is 100 cm³/mol. The van der Waals surface area contributed by atoms with Crippen LogP contribution in [0.25, 0.3) is 0 Å². The van der Waals surface area contributed by atoms with Gasteiger partial charge in [-0.25, -0.2) is 9.37 Å². The van der Waals surface area contributed by atoms with E-state index in [2.05, 4.69) is 15.3 Å². The fourth-order valence-electron chi connectivity index (χ4n) is 2.86. The molecule has 1 amide bonds. The zero-order chi connectivity index (χ0) is 18.5. The molecule has 0 bridgehead atoms. The normalized spacial score (nSPS) is 15.3. The number of piperazine rings is 1. The molecule has 1 aromatic carbocycles. The number of benzene rings is 1. The number of rotatable bonds is 6. The van der Waals surface area contributed by atoms with Crippen molar-refractivity contribution in [2.45, 2.75) is 19.9 Å². The summed E-state index contributed by atoms with van der Waals surface area (Å²) < 4.78 is 18.5. The van der Waals surface area contributed by atoms with Gasteiger partial charge in [0.2, 0.25) is 5.91 Å². The number of amides is 1. The van der Waals surface area contributed by atoms with E-state index in [0.29, 0.717) is 18.8 Å². The zero-order valence-corrected chi connectivity index (χ0v) is 16.2. The first-order valence-corrected chi connectivity index (χ1v) is 9.76. The number of aromatic nitrogens is 1. The van der Waals surface area contributed by atoms with E-state index in [-0.39, 0.29) is 24.0 Å². The van der Waals surface area contributed by atoms with Gasteiger partial charge < -0.3 is 9.64 Å². The Hall–Kier alpha value is -1.70. The van der Waals surface area contributed by atoms with Crippen LogP contribution in [-0.2, 0) is 11.3 Å². The molecule has 140 valence electrons. The monoisotopic (exact) mass is 397 g/mol. The highest BCUT2D eigenvalue weighted by atomic mass is 35.5. The van der Waals surface area contributed by atoms with E-state index in [0.717, 1.165) is 30.3 Å². The van der Waals surface area contributed by atoms with E-state index in [4.69, 9.17) is 16.3 Å². The van der Waals surface area contributed by atoms with Gasteiger partial charge in [0.05, 0.1) is 28.8 Å². The minimum Gasteiger partial charge on any atom is -0.491 e. The SMILES string of the molecule is Cc1nc(CN2CCN(C(=O)CCOc3ccc(F)cc3Cl)CC2)cs1. The quantitative estimate of drug-likeness (QED) is 0.749. The Morgan fingerprint density at radius 1 is 1.35 bits per heavy atom. The lowest BCUT2D eigenvalue weighted by Crippen LogP contribution is -2.48. The van der Waals surface area contributed by atoms with Gasteiger partial charge in [-0.15, -0.1) is 11.3 Å². The van der Waals surface area contributed by atoms with Crippen molar-refractivity contribution in [2.75, 3.05) is 32.8 Å². The van der Waals surface area contributed by atoms with Crippen molar-refractivity contribution in [1.29, 1.82) is 0 Å². The lowest BCUT2D eigenvalue weighted by molar-refractivity contribution is -0.133. The van der Waals surface area contributed by atoms with Gasteiger partial charge in [-0.3, -0.25) is 9.69 Å². The second-order valence-corrected chi connectivity index (χ2v) is 7.66. The fourth-order valence-corrected chi connectivity index (χ4v) is 3.69. The summed E-state index contributed by atoms with van der Waals surface area (Å²) in [5.74, 6) is 0.0424. The van der Waals surface area contributed by atoms with Crippen LogP contribution in [0, 0.1) is 12.7 Å². The maximum absolute atomic E-state index is 13.0. The van der Waals surface area contributed by atoms with Gasteiger partial charge in [0.15, 0.2) is 0 Å². The third-order valence-electron chi connectivity index (χ3n) is 4.24. The summed E-state index contributed by atoms with van der Waals surface area (Å²) >= 11 is 7.57. The van der Waals surface area contributed by atoms with Crippen molar-refractivity contribution >= 4 is 28.8 Å². The molecule has 2 aromatic rings. The molecule has 0 radical (unpaired) electrons. The summed E-state index contributed by atoms with van der Waals surface area (Å²) in [5, 5.41) is 3.38. The topological polar surface area (TPSA) is 45.7 Å². The van der Waals surface area contributed by atoms with E-state index >= 15 is 0 Å². The maximum atomic E-state index is 13.0.